The summed E-state index contributed by atoms with van der Waals surface area (Å²) in [7, 11) is 2.97. The molecule has 9 heteroatoms. The number of carbonyl (C=O) groups excluding carboxylic acids is 1. The number of imidazole rings is 1. The minimum atomic E-state index is -0.453. The van der Waals surface area contributed by atoms with Gasteiger partial charge in [0.25, 0.3) is 5.56 Å². The number of aromatic nitrogens is 4. The van der Waals surface area contributed by atoms with Crippen LogP contribution in [0.1, 0.15) is 0 Å². The number of para-hydroxylation sites is 2. The quantitative estimate of drug-likeness (QED) is 0.500. The van der Waals surface area contributed by atoms with E-state index in [0.717, 1.165) is 15.9 Å². The predicted octanol–water partition coefficient (Wildman–Crippen LogP) is 2.42. The van der Waals surface area contributed by atoms with Crippen LogP contribution in [0.2, 0.25) is 0 Å². The van der Waals surface area contributed by atoms with Crippen LogP contribution in [0.25, 0.3) is 11.2 Å². The molecule has 0 aliphatic rings. The number of nitrogens with zero attached hydrogens (tertiary/aromatic N) is 4. The highest BCUT2D eigenvalue weighted by molar-refractivity contribution is 7.99. The second-order valence-electron chi connectivity index (χ2n) is 6.64. The van der Waals surface area contributed by atoms with E-state index in [-0.39, 0.29) is 22.8 Å². The molecule has 4 rings (SSSR count). The zero-order valence-electron chi connectivity index (χ0n) is 16.4. The fourth-order valence-electron chi connectivity index (χ4n) is 3.16. The minimum absolute atomic E-state index is 0.0951. The highest BCUT2D eigenvalue weighted by Crippen LogP contribution is 2.27. The molecule has 0 fully saturated rings. The Morgan fingerprint density at radius 3 is 2.10 bits per heavy atom. The fourth-order valence-corrected chi connectivity index (χ4v) is 3.87. The summed E-state index contributed by atoms with van der Waals surface area (Å²) in [6.07, 6.45) is 0. The second kappa shape index (κ2) is 8.03. The molecule has 4 aromatic rings. The van der Waals surface area contributed by atoms with Crippen molar-refractivity contribution in [3.05, 3.63) is 81.5 Å². The van der Waals surface area contributed by atoms with Crippen LogP contribution < -0.4 is 16.1 Å². The van der Waals surface area contributed by atoms with Crippen molar-refractivity contribution in [2.45, 2.75) is 5.16 Å². The number of benzene rings is 2. The van der Waals surface area contributed by atoms with Gasteiger partial charge in [-0.3, -0.25) is 23.6 Å². The number of thioether (sulfide) groups is 1. The third-order valence-corrected chi connectivity index (χ3v) is 5.54. The predicted molar refractivity (Wildman–Crippen MR) is 117 cm³/mol. The van der Waals surface area contributed by atoms with Crippen molar-refractivity contribution in [2.24, 2.45) is 14.1 Å². The lowest BCUT2D eigenvalue weighted by atomic mass is 10.2. The molecule has 0 unspecified atom stereocenters. The summed E-state index contributed by atoms with van der Waals surface area (Å²) in [6.45, 7) is 0. The van der Waals surface area contributed by atoms with E-state index in [1.54, 1.807) is 11.9 Å². The molecule has 2 aromatic carbocycles. The second-order valence-corrected chi connectivity index (χ2v) is 7.60. The number of rotatable bonds is 5. The van der Waals surface area contributed by atoms with Crippen LogP contribution in [0.4, 0.5) is 11.4 Å². The molecule has 2 aromatic heterocycles. The van der Waals surface area contributed by atoms with Gasteiger partial charge >= 0.3 is 5.69 Å². The van der Waals surface area contributed by atoms with Crippen molar-refractivity contribution in [3.8, 4) is 0 Å². The van der Waals surface area contributed by atoms with Crippen LogP contribution in [0.3, 0.4) is 0 Å². The van der Waals surface area contributed by atoms with Crippen LogP contribution in [-0.2, 0) is 18.9 Å². The Labute approximate surface area is 175 Å². The summed E-state index contributed by atoms with van der Waals surface area (Å²) in [5, 5.41) is 0.401. The number of hydrogen-bond acceptors (Lipinski definition) is 5. The Bertz CT molecular complexity index is 1290. The molecule has 0 aliphatic heterocycles. The molecule has 30 heavy (non-hydrogen) atoms. The van der Waals surface area contributed by atoms with Gasteiger partial charge in [-0.1, -0.05) is 48.2 Å². The van der Waals surface area contributed by atoms with Crippen molar-refractivity contribution in [2.75, 3.05) is 10.7 Å². The van der Waals surface area contributed by atoms with Crippen LogP contribution in [0.5, 0.6) is 0 Å². The lowest BCUT2D eigenvalue weighted by Gasteiger charge is -2.22. The van der Waals surface area contributed by atoms with Crippen LogP contribution in [-0.4, -0.2) is 30.8 Å². The number of fused-ring (bicyclic) bond motifs is 1. The first-order valence-corrected chi connectivity index (χ1v) is 10.2. The summed E-state index contributed by atoms with van der Waals surface area (Å²) in [5.41, 5.74) is 1.11. The molecule has 2 heterocycles. The Balaban J connectivity index is 1.63. The van der Waals surface area contributed by atoms with E-state index in [1.807, 2.05) is 60.7 Å². The zero-order chi connectivity index (χ0) is 21.3. The Morgan fingerprint density at radius 1 is 0.967 bits per heavy atom. The number of anilines is 2. The Hall–Kier alpha value is -3.59. The Morgan fingerprint density at radius 2 is 1.53 bits per heavy atom. The highest BCUT2D eigenvalue weighted by atomic mass is 32.2. The zero-order valence-corrected chi connectivity index (χ0v) is 17.2. The third-order valence-electron chi connectivity index (χ3n) is 4.68. The van der Waals surface area contributed by atoms with Gasteiger partial charge in [-0.25, -0.2) is 9.78 Å². The van der Waals surface area contributed by atoms with E-state index in [9.17, 15) is 14.4 Å². The van der Waals surface area contributed by atoms with Crippen LogP contribution in [0.15, 0.2) is 75.4 Å². The summed E-state index contributed by atoms with van der Waals surface area (Å²) >= 11 is 1.18. The number of hydrogen-bond donors (Lipinski definition) is 1. The summed E-state index contributed by atoms with van der Waals surface area (Å²) in [5.74, 6) is -0.0441. The SMILES string of the molecule is Cn1c(=O)c2[nH]c(SCC(=O)N(c3ccccc3)c3ccccc3)nc2n(C)c1=O. The van der Waals surface area contributed by atoms with E-state index >= 15 is 0 Å². The molecule has 0 saturated heterocycles. The van der Waals surface area contributed by atoms with Gasteiger partial charge in [0.05, 0.1) is 5.75 Å². The van der Waals surface area contributed by atoms with Crippen molar-refractivity contribution >= 4 is 40.2 Å². The first-order valence-electron chi connectivity index (χ1n) is 9.19. The number of amides is 1. The maximum Gasteiger partial charge on any atom is 0.332 e. The average molecular weight is 421 g/mol. The number of nitrogens with one attached hydrogen (secondary N) is 1. The molecule has 0 atom stereocenters. The smallest absolute Gasteiger partial charge is 0.327 e. The molecular formula is C21H19N5O3S. The van der Waals surface area contributed by atoms with Gasteiger partial charge in [-0.2, -0.15) is 0 Å². The maximum absolute atomic E-state index is 13.1. The van der Waals surface area contributed by atoms with Crippen LogP contribution in [0, 0.1) is 0 Å². The van der Waals surface area contributed by atoms with E-state index in [0.29, 0.717) is 5.16 Å². The first-order chi connectivity index (χ1) is 14.5. The lowest BCUT2D eigenvalue weighted by Crippen LogP contribution is -2.36. The number of carbonyl (C=O) groups is 1. The first kappa shape index (κ1) is 19.7. The van der Waals surface area contributed by atoms with Gasteiger partial charge in [0.1, 0.15) is 0 Å². The molecule has 0 spiro atoms. The van der Waals surface area contributed by atoms with Gasteiger partial charge in [-0.15, -0.1) is 0 Å². The summed E-state index contributed by atoms with van der Waals surface area (Å²) in [4.78, 5) is 46.4. The van der Waals surface area contributed by atoms with Crippen molar-refractivity contribution < 1.29 is 4.79 Å². The van der Waals surface area contributed by atoms with E-state index in [2.05, 4.69) is 9.97 Å². The number of H-pyrrole nitrogens is 1. The van der Waals surface area contributed by atoms with Crippen molar-refractivity contribution in [1.82, 2.24) is 19.1 Å². The molecule has 0 saturated carbocycles. The van der Waals surface area contributed by atoms with Crippen LogP contribution >= 0.6 is 11.8 Å². The molecule has 1 N–H and O–H groups in total. The number of aromatic amines is 1. The maximum atomic E-state index is 13.1. The largest absolute Gasteiger partial charge is 0.332 e. The monoisotopic (exact) mass is 421 g/mol. The Kier molecular flexibility index (Phi) is 5.28. The van der Waals surface area contributed by atoms with Gasteiger partial charge in [0.15, 0.2) is 16.3 Å². The third kappa shape index (κ3) is 3.55. The minimum Gasteiger partial charge on any atom is -0.327 e. The van der Waals surface area contributed by atoms with E-state index in [4.69, 9.17) is 0 Å². The number of aryl methyl sites for hydroxylation is 1. The molecular weight excluding hydrogens is 402 g/mol. The topological polar surface area (TPSA) is 93.0 Å². The highest BCUT2D eigenvalue weighted by Gasteiger charge is 2.20. The molecule has 1 amide bonds. The van der Waals surface area contributed by atoms with E-state index < -0.39 is 11.2 Å². The summed E-state index contributed by atoms with van der Waals surface area (Å²) < 4.78 is 2.33. The van der Waals surface area contributed by atoms with Gasteiger partial charge in [0, 0.05) is 25.5 Å². The molecule has 0 radical (unpaired) electrons. The fraction of sp³-hybridized carbons (Fsp3) is 0.143. The van der Waals surface area contributed by atoms with Crippen molar-refractivity contribution in [1.29, 1.82) is 0 Å². The molecule has 8 nitrogen and oxygen atoms in total. The molecule has 0 aliphatic carbocycles. The van der Waals surface area contributed by atoms with Gasteiger partial charge < -0.3 is 4.98 Å². The lowest BCUT2D eigenvalue weighted by molar-refractivity contribution is -0.115. The standard InChI is InChI=1S/C21H19N5O3S/c1-24-18-17(19(28)25(2)21(24)29)22-20(23-18)30-13-16(27)26(14-9-5-3-6-10-14)15-11-7-4-8-12-15/h3-12H,13H2,1-2H3,(H,22,23). The molecule has 152 valence electrons. The van der Waals surface area contributed by atoms with Gasteiger partial charge in [0.2, 0.25) is 5.91 Å². The molecule has 0 bridgehead atoms. The summed E-state index contributed by atoms with van der Waals surface area (Å²) in [6, 6.07) is 18.8. The van der Waals surface area contributed by atoms with Gasteiger partial charge in [-0.05, 0) is 24.3 Å². The average Bonchev–Trinajstić information content (AvgIpc) is 3.21. The van der Waals surface area contributed by atoms with Crippen molar-refractivity contribution in [3.63, 3.8) is 0 Å². The normalized spacial score (nSPS) is 11.0. The van der Waals surface area contributed by atoms with E-state index in [1.165, 1.54) is 23.4 Å².